The van der Waals surface area contributed by atoms with Gasteiger partial charge in [0, 0.05) is 22.1 Å². The Balaban J connectivity index is 1.44. The molecule has 1 aliphatic rings. The number of benzene rings is 2. The molecule has 1 aliphatic heterocycles. The third-order valence-electron chi connectivity index (χ3n) is 5.05. The smallest absolute Gasteiger partial charge is 0.340 e. The van der Waals surface area contributed by atoms with Crippen LogP contribution >= 0.6 is 23.1 Å². The Hall–Kier alpha value is -3.10. The van der Waals surface area contributed by atoms with Gasteiger partial charge in [0.15, 0.2) is 6.61 Å². The van der Waals surface area contributed by atoms with Crippen molar-refractivity contribution in [3.8, 4) is 0 Å². The second kappa shape index (κ2) is 10.0. The standard InChI is InChI=1S/C24H22N2O4S2/c1-16-10-12-26(20-8-4-5-9-21(20)32-16)22(27)14-30-24(29)18-6-2-3-7-19(18)25-23(28)17-11-13-31-15-17/h2-9,11,13,15-16H,10,12,14H2,1H3,(H,25,28). The van der Waals surface area contributed by atoms with E-state index in [1.807, 2.05) is 24.3 Å². The second-order valence-corrected chi connectivity index (χ2v) is 9.58. The number of ether oxygens (including phenoxy) is 1. The number of fused-ring (bicyclic) bond motifs is 1. The number of amides is 2. The lowest BCUT2D eigenvalue weighted by atomic mass is 10.1. The Bertz CT molecular complexity index is 1130. The minimum atomic E-state index is -0.662. The first kappa shape index (κ1) is 22.1. The van der Waals surface area contributed by atoms with Crippen molar-refractivity contribution < 1.29 is 19.1 Å². The zero-order valence-corrected chi connectivity index (χ0v) is 19.1. The highest BCUT2D eigenvalue weighted by Crippen LogP contribution is 2.37. The molecule has 0 fully saturated rings. The Morgan fingerprint density at radius 2 is 1.88 bits per heavy atom. The monoisotopic (exact) mass is 466 g/mol. The molecule has 1 atom stereocenters. The summed E-state index contributed by atoms with van der Waals surface area (Å²) in [6, 6.07) is 16.1. The Morgan fingerprint density at radius 1 is 1.09 bits per heavy atom. The summed E-state index contributed by atoms with van der Waals surface area (Å²) in [5.41, 5.74) is 1.89. The van der Waals surface area contributed by atoms with E-state index in [0.29, 0.717) is 23.0 Å². The maximum atomic E-state index is 12.9. The van der Waals surface area contributed by atoms with E-state index in [4.69, 9.17) is 4.74 Å². The number of nitrogens with zero attached hydrogens (tertiary/aromatic N) is 1. The number of carbonyl (C=O) groups is 3. The number of thiophene rings is 1. The van der Waals surface area contributed by atoms with Crippen molar-refractivity contribution in [2.45, 2.75) is 23.5 Å². The molecule has 8 heteroatoms. The van der Waals surface area contributed by atoms with Crippen LogP contribution in [-0.4, -0.2) is 36.2 Å². The summed E-state index contributed by atoms with van der Waals surface area (Å²) in [7, 11) is 0. The highest BCUT2D eigenvalue weighted by Gasteiger charge is 2.25. The van der Waals surface area contributed by atoms with Gasteiger partial charge in [-0.15, -0.1) is 11.8 Å². The van der Waals surface area contributed by atoms with Gasteiger partial charge in [0.25, 0.3) is 11.8 Å². The first-order valence-electron chi connectivity index (χ1n) is 10.2. The van der Waals surface area contributed by atoms with E-state index in [9.17, 15) is 14.4 Å². The van der Waals surface area contributed by atoms with Crippen molar-refractivity contribution in [2.75, 3.05) is 23.4 Å². The molecule has 4 rings (SSSR count). The number of nitrogens with one attached hydrogen (secondary N) is 1. The summed E-state index contributed by atoms with van der Waals surface area (Å²) in [6.07, 6.45) is 0.844. The van der Waals surface area contributed by atoms with E-state index >= 15 is 0 Å². The van der Waals surface area contributed by atoms with Gasteiger partial charge in [0.1, 0.15) is 0 Å². The molecule has 0 aliphatic carbocycles. The third kappa shape index (κ3) is 5.03. The molecule has 0 spiro atoms. The molecule has 0 saturated heterocycles. The summed E-state index contributed by atoms with van der Waals surface area (Å²) < 4.78 is 5.35. The maximum absolute atomic E-state index is 12.9. The molecule has 0 saturated carbocycles. The lowest BCUT2D eigenvalue weighted by Crippen LogP contribution is -2.35. The predicted octanol–water partition coefficient (Wildman–Crippen LogP) is 5.07. The molecule has 2 aromatic carbocycles. The lowest BCUT2D eigenvalue weighted by molar-refractivity contribution is -0.121. The van der Waals surface area contributed by atoms with Crippen LogP contribution in [0.4, 0.5) is 11.4 Å². The van der Waals surface area contributed by atoms with Gasteiger partial charge in [-0.25, -0.2) is 4.79 Å². The van der Waals surface area contributed by atoms with Crippen LogP contribution in [-0.2, 0) is 9.53 Å². The molecule has 1 unspecified atom stereocenters. The average Bonchev–Trinajstić information content (AvgIpc) is 3.28. The quantitative estimate of drug-likeness (QED) is 0.531. The van der Waals surface area contributed by atoms with Crippen molar-refractivity contribution in [1.82, 2.24) is 0 Å². The van der Waals surface area contributed by atoms with Crippen molar-refractivity contribution in [2.24, 2.45) is 0 Å². The summed E-state index contributed by atoms with van der Waals surface area (Å²) in [5, 5.41) is 6.66. The molecule has 0 radical (unpaired) electrons. The molecular formula is C24H22N2O4S2. The van der Waals surface area contributed by atoms with Crippen molar-refractivity contribution in [3.63, 3.8) is 0 Å². The summed E-state index contributed by atoms with van der Waals surface area (Å²) >= 11 is 3.15. The topological polar surface area (TPSA) is 75.7 Å². The minimum Gasteiger partial charge on any atom is -0.452 e. The fraction of sp³-hybridized carbons (Fsp3) is 0.208. The molecule has 1 aromatic heterocycles. The van der Waals surface area contributed by atoms with Gasteiger partial charge in [-0.3, -0.25) is 9.59 Å². The maximum Gasteiger partial charge on any atom is 0.340 e. The number of rotatable bonds is 5. The van der Waals surface area contributed by atoms with E-state index < -0.39 is 5.97 Å². The van der Waals surface area contributed by atoms with Crippen LogP contribution in [0.1, 0.15) is 34.1 Å². The largest absolute Gasteiger partial charge is 0.452 e. The van der Waals surface area contributed by atoms with Crippen LogP contribution in [0.5, 0.6) is 0 Å². The van der Waals surface area contributed by atoms with Crippen molar-refractivity contribution in [1.29, 1.82) is 0 Å². The Kier molecular flexibility index (Phi) is 6.92. The number of hydrogen-bond donors (Lipinski definition) is 1. The second-order valence-electron chi connectivity index (χ2n) is 7.32. The zero-order chi connectivity index (χ0) is 22.5. The Labute approximate surface area is 194 Å². The van der Waals surface area contributed by atoms with Crippen molar-refractivity contribution in [3.05, 3.63) is 76.5 Å². The number of para-hydroxylation sites is 2. The van der Waals surface area contributed by atoms with E-state index in [1.165, 1.54) is 11.3 Å². The highest BCUT2D eigenvalue weighted by atomic mass is 32.2. The van der Waals surface area contributed by atoms with Crippen LogP contribution in [0.25, 0.3) is 0 Å². The average molecular weight is 467 g/mol. The van der Waals surface area contributed by atoms with Gasteiger partial charge in [0.05, 0.1) is 22.5 Å². The Morgan fingerprint density at radius 3 is 2.69 bits per heavy atom. The third-order valence-corrected chi connectivity index (χ3v) is 6.97. The molecule has 32 heavy (non-hydrogen) atoms. The van der Waals surface area contributed by atoms with Crippen LogP contribution in [0.3, 0.4) is 0 Å². The first-order chi connectivity index (χ1) is 15.5. The SMILES string of the molecule is CC1CCN(C(=O)COC(=O)c2ccccc2NC(=O)c2ccsc2)c2ccccc2S1. The number of carbonyl (C=O) groups excluding carboxylic acids is 3. The highest BCUT2D eigenvalue weighted by molar-refractivity contribution is 8.00. The first-order valence-corrected chi connectivity index (χ1v) is 12.0. The molecule has 1 N–H and O–H groups in total. The molecular weight excluding hydrogens is 444 g/mol. The molecule has 2 heterocycles. The molecule has 3 aromatic rings. The molecule has 6 nitrogen and oxygen atoms in total. The van der Waals surface area contributed by atoms with Gasteiger partial charge in [0.2, 0.25) is 0 Å². The van der Waals surface area contributed by atoms with Gasteiger partial charge in [-0.05, 0) is 42.1 Å². The van der Waals surface area contributed by atoms with Gasteiger partial charge >= 0.3 is 5.97 Å². The number of thioether (sulfide) groups is 1. The number of esters is 1. The lowest BCUT2D eigenvalue weighted by Gasteiger charge is -2.22. The van der Waals surface area contributed by atoms with E-state index in [0.717, 1.165) is 17.0 Å². The van der Waals surface area contributed by atoms with Crippen LogP contribution in [0, 0.1) is 0 Å². The molecule has 164 valence electrons. The number of hydrogen-bond acceptors (Lipinski definition) is 6. The van der Waals surface area contributed by atoms with Gasteiger partial charge in [-0.1, -0.05) is 31.2 Å². The fourth-order valence-electron chi connectivity index (χ4n) is 3.39. The van der Waals surface area contributed by atoms with Gasteiger partial charge in [-0.2, -0.15) is 11.3 Å². The van der Waals surface area contributed by atoms with Crippen LogP contribution in [0.2, 0.25) is 0 Å². The normalized spacial score (nSPS) is 15.4. The van der Waals surface area contributed by atoms with Crippen LogP contribution < -0.4 is 10.2 Å². The zero-order valence-electron chi connectivity index (χ0n) is 17.4. The molecule has 2 amide bonds. The van der Waals surface area contributed by atoms with E-state index in [1.54, 1.807) is 57.8 Å². The van der Waals surface area contributed by atoms with Crippen molar-refractivity contribution >= 4 is 52.3 Å². The summed E-state index contributed by atoms with van der Waals surface area (Å²) in [5.74, 6) is -1.25. The summed E-state index contributed by atoms with van der Waals surface area (Å²) in [4.78, 5) is 40.8. The van der Waals surface area contributed by atoms with E-state index in [-0.39, 0.29) is 24.0 Å². The predicted molar refractivity (Wildman–Crippen MR) is 128 cm³/mol. The fourth-order valence-corrected chi connectivity index (χ4v) is 5.14. The van der Waals surface area contributed by atoms with Crippen LogP contribution in [0.15, 0.2) is 70.3 Å². The minimum absolute atomic E-state index is 0.198. The molecule has 0 bridgehead atoms. The van der Waals surface area contributed by atoms with E-state index in [2.05, 4.69) is 12.2 Å². The van der Waals surface area contributed by atoms with Gasteiger partial charge < -0.3 is 15.0 Å². The number of anilines is 2. The summed E-state index contributed by atoms with van der Waals surface area (Å²) in [6.45, 7) is 2.32.